The van der Waals surface area contributed by atoms with Crippen molar-refractivity contribution in [3.8, 4) is 0 Å². The summed E-state index contributed by atoms with van der Waals surface area (Å²) in [7, 11) is 0. The molecule has 4 nitrogen and oxygen atoms in total. The monoisotopic (exact) mass is 413 g/mol. The maximum Gasteiger partial charge on any atom is 0.242 e. The summed E-state index contributed by atoms with van der Waals surface area (Å²) in [6.45, 7) is 5.90. The highest BCUT2D eigenvalue weighted by Gasteiger charge is 2.24. The third-order valence-corrected chi connectivity index (χ3v) is 6.16. The van der Waals surface area contributed by atoms with E-state index in [1.807, 2.05) is 93.6 Å². The molecule has 3 aromatic carbocycles. The minimum absolute atomic E-state index is 0.0692. The summed E-state index contributed by atoms with van der Waals surface area (Å²) in [6, 6.07) is 23.8. The Morgan fingerprint density at radius 3 is 2.43 bits per heavy atom. The molecule has 150 valence electrons. The number of fused-ring (bicyclic) bond motifs is 1. The van der Waals surface area contributed by atoms with Crippen LogP contribution in [0.2, 0.25) is 0 Å². The number of nitrogens with zero attached hydrogens (tertiary/aromatic N) is 2. The quantitative estimate of drug-likeness (QED) is 0.321. The van der Waals surface area contributed by atoms with E-state index in [1.54, 1.807) is 0 Å². The molecule has 1 amide bonds. The van der Waals surface area contributed by atoms with Crippen LogP contribution < -0.4 is 5.32 Å². The molecule has 4 rings (SSSR count). The van der Waals surface area contributed by atoms with Gasteiger partial charge in [-0.3, -0.25) is 4.79 Å². The topological polar surface area (TPSA) is 54.9 Å². The summed E-state index contributed by atoms with van der Waals surface area (Å²) in [5.41, 5.74) is 4.80. The second-order valence-electron chi connectivity index (χ2n) is 7.31. The number of hydrogen-bond acceptors (Lipinski definition) is 4. The summed E-state index contributed by atoms with van der Waals surface area (Å²) in [4.78, 5) is 22.6. The molecule has 0 aliphatic rings. The van der Waals surface area contributed by atoms with Gasteiger partial charge in [0.2, 0.25) is 5.91 Å². The van der Waals surface area contributed by atoms with Crippen molar-refractivity contribution in [1.82, 2.24) is 9.97 Å². The maximum atomic E-state index is 13.4. The second kappa shape index (κ2) is 8.67. The largest absolute Gasteiger partial charge is 0.325 e. The van der Waals surface area contributed by atoms with Crippen LogP contribution in [0.5, 0.6) is 0 Å². The normalized spacial score (nSPS) is 12.0. The van der Waals surface area contributed by atoms with Gasteiger partial charge in [-0.15, -0.1) is 0 Å². The summed E-state index contributed by atoms with van der Waals surface area (Å²) < 4.78 is 0. The molecule has 0 spiro atoms. The van der Waals surface area contributed by atoms with Gasteiger partial charge in [-0.1, -0.05) is 72.4 Å². The molecule has 0 aliphatic heterocycles. The van der Waals surface area contributed by atoms with E-state index in [-0.39, 0.29) is 5.91 Å². The van der Waals surface area contributed by atoms with Gasteiger partial charge in [0.1, 0.15) is 16.1 Å². The molecule has 0 unspecified atom stereocenters. The lowest BCUT2D eigenvalue weighted by Crippen LogP contribution is -2.20. The van der Waals surface area contributed by atoms with Crippen LogP contribution in [0.1, 0.15) is 27.8 Å². The van der Waals surface area contributed by atoms with Crippen molar-refractivity contribution in [2.24, 2.45) is 0 Å². The van der Waals surface area contributed by atoms with Crippen LogP contribution in [-0.2, 0) is 4.79 Å². The van der Waals surface area contributed by atoms with Gasteiger partial charge in [0, 0.05) is 11.1 Å². The molecule has 0 fully saturated rings. The number of aromatic nitrogens is 2. The van der Waals surface area contributed by atoms with Crippen LogP contribution in [0.15, 0.2) is 77.8 Å². The van der Waals surface area contributed by atoms with Gasteiger partial charge in [-0.2, -0.15) is 0 Å². The predicted molar refractivity (Wildman–Crippen MR) is 124 cm³/mol. The van der Waals surface area contributed by atoms with Crippen LogP contribution in [0.3, 0.4) is 0 Å². The van der Waals surface area contributed by atoms with Gasteiger partial charge in [0.15, 0.2) is 0 Å². The number of rotatable bonds is 5. The standard InChI is InChI=1S/C25H23N3OS/c1-16-13-14-17(2)22(15-16)28-24(29)23(19-9-5-4-6-10-19)30-25-20-11-7-8-12-21(20)26-18(3)27-25/h4-15,23H,1-3H3,(H,28,29)/t23-/m1/s1. The highest BCUT2D eigenvalue weighted by atomic mass is 32.2. The number of para-hydroxylation sites is 1. The molecule has 1 N–H and O–H groups in total. The summed E-state index contributed by atoms with van der Waals surface area (Å²) >= 11 is 1.46. The molecular formula is C25H23N3OS. The van der Waals surface area contributed by atoms with Crippen molar-refractivity contribution in [1.29, 1.82) is 0 Å². The minimum Gasteiger partial charge on any atom is -0.325 e. The van der Waals surface area contributed by atoms with Crippen LogP contribution >= 0.6 is 11.8 Å². The lowest BCUT2D eigenvalue weighted by molar-refractivity contribution is -0.115. The van der Waals surface area contributed by atoms with E-state index < -0.39 is 5.25 Å². The number of thioether (sulfide) groups is 1. The third kappa shape index (κ3) is 4.36. The molecule has 0 saturated heterocycles. The molecule has 5 heteroatoms. The maximum absolute atomic E-state index is 13.4. The van der Waals surface area contributed by atoms with Gasteiger partial charge in [0.05, 0.1) is 5.52 Å². The zero-order valence-electron chi connectivity index (χ0n) is 17.2. The fourth-order valence-corrected chi connectivity index (χ4v) is 4.50. The Bertz CT molecular complexity index is 1210. The van der Waals surface area contributed by atoms with Crippen molar-refractivity contribution in [3.05, 3.63) is 95.3 Å². The Hall–Kier alpha value is -3.18. The van der Waals surface area contributed by atoms with Crippen molar-refractivity contribution in [2.75, 3.05) is 5.32 Å². The van der Waals surface area contributed by atoms with E-state index in [0.717, 1.165) is 38.3 Å². The number of nitrogens with one attached hydrogen (secondary N) is 1. The Kier molecular flexibility index (Phi) is 5.81. The fourth-order valence-electron chi connectivity index (χ4n) is 3.33. The molecule has 1 atom stereocenters. The van der Waals surface area contributed by atoms with Crippen LogP contribution in [0.4, 0.5) is 5.69 Å². The minimum atomic E-state index is -0.441. The van der Waals surface area contributed by atoms with Crippen LogP contribution in [0.25, 0.3) is 10.9 Å². The number of carbonyl (C=O) groups is 1. The van der Waals surface area contributed by atoms with E-state index in [9.17, 15) is 4.79 Å². The van der Waals surface area contributed by atoms with E-state index in [1.165, 1.54) is 11.8 Å². The lowest BCUT2D eigenvalue weighted by Gasteiger charge is -2.19. The number of amides is 1. The molecule has 0 saturated carbocycles. The first-order valence-electron chi connectivity index (χ1n) is 9.84. The Labute approximate surface area is 180 Å². The van der Waals surface area contributed by atoms with Crippen LogP contribution in [-0.4, -0.2) is 15.9 Å². The first-order chi connectivity index (χ1) is 14.5. The van der Waals surface area contributed by atoms with Gasteiger partial charge in [0.25, 0.3) is 0 Å². The third-order valence-electron chi connectivity index (χ3n) is 4.90. The SMILES string of the molecule is Cc1ccc(C)c(NC(=O)[C@H](Sc2nc(C)nc3ccccc23)c2ccccc2)c1. The molecule has 0 aliphatic carbocycles. The fraction of sp³-hybridized carbons (Fsp3) is 0.160. The van der Waals surface area contributed by atoms with E-state index >= 15 is 0 Å². The Morgan fingerprint density at radius 2 is 1.63 bits per heavy atom. The number of aryl methyl sites for hydroxylation is 3. The van der Waals surface area contributed by atoms with E-state index in [4.69, 9.17) is 0 Å². The number of hydrogen-bond donors (Lipinski definition) is 1. The second-order valence-corrected chi connectivity index (χ2v) is 8.40. The van der Waals surface area contributed by atoms with Gasteiger partial charge in [-0.25, -0.2) is 9.97 Å². The zero-order valence-corrected chi connectivity index (χ0v) is 18.0. The molecule has 0 bridgehead atoms. The molecule has 1 aromatic heterocycles. The predicted octanol–water partition coefficient (Wildman–Crippen LogP) is 6.03. The first kappa shape index (κ1) is 20.1. The number of benzene rings is 3. The molecule has 0 radical (unpaired) electrons. The molecule has 1 heterocycles. The van der Waals surface area contributed by atoms with Crippen molar-refractivity contribution in [3.63, 3.8) is 0 Å². The Morgan fingerprint density at radius 1 is 0.900 bits per heavy atom. The Balaban J connectivity index is 1.73. The van der Waals surface area contributed by atoms with Crippen molar-refractivity contribution >= 4 is 34.3 Å². The van der Waals surface area contributed by atoms with Gasteiger partial charge in [-0.05, 0) is 49.6 Å². The van der Waals surface area contributed by atoms with Crippen molar-refractivity contribution < 1.29 is 4.79 Å². The van der Waals surface area contributed by atoms with E-state index in [2.05, 4.69) is 15.3 Å². The first-order valence-corrected chi connectivity index (χ1v) is 10.7. The average molecular weight is 414 g/mol. The van der Waals surface area contributed by atoms with Gasteiger partial charge < -0.3 is 5.32 Å². The smallest absolute Gasteiger partial charge is 0.242 e. The zero-order chi connectivity index (χ0) is 21.1. The molecule has 30 heavy (non-hydrogen) atoms. The molecular weight excluding hydrogens is 390 g/mol. The van der Waals surface area contributed by atoms with Gasteiger partial charge >= 0.3 is 0 Å². The summed E-state index contributed by atoms with van der Waals surface area (Å²) in [6.07, 6.45) is 0. The number of anilines is 1. The highest BCUT2D eigenvalue weighted by Crippen LogP contribution is 2.38. The number of carbonyl (C=O) groups excluding carboxylic acids is 1. The van der Waals surface area contributed by atoms with E-state index in [0.29, 0.717) is 5.82 Å². The summed E-state index contributed by atoms with van der Waals surface area (Å²) in [5, 5.41) is 4.45. The average Bonchev–Trinajstić information content (AvgIpc) is 2.75. The van der Waals surface area contributed by atoms with Crippen LogP contribution in [0, 0.1) is 20.8 Å². The highest BCUT2D eigenvalue weighted by molar-refractivity contribution is 8.00. The van der Waals surface area contributed by atoms with Crippen molar-refractivity contribution in [2.45, 2.75) is 31.0 Å². The molecule has 4 aromatic rings. The summed E-state index contributed by atoms with van der Waals surface area (Å²) in [5.74, 6) is 0.623. The lowest BCUT2D eigenvalue weighted by atomic mass is 10.1.